The Morgan fingerprint density at radius 1 is 1.50 bits per heavy atom. The molecule has 3 radical (unpaired) electrons. The van der Waals surface area contributed by atoms with Crippen LogP contribution in [-0.4, -0.2) is 22.5 Å². The van der Waals surface area contributed by atoms with Gasteiger partial charge in [-0.2, -0.15) is 0 Å². The van der Waals surface area contributed by atoms with E-state index < -0.39 is 0 Å². The molecule has 0 fully saturated rings. The molecule has 0 spiro atoms. The topological polar surface area (TPSA) is 0 Å². The van der Waals surface area contributed by atoms with Gasteiger partial charge in [0.05, 0.1) is 0 Å². The van der Waals surface area contributed by atoms with Crippen LogP contribution in [0.2, 0.25) is 4.44 Å². The Morgan fingerprint density at radius 3 is 2.33 bits per heavy atom. The third kappa shape index (κ3) is 4.80. The van der Waals surface area contributed by atoms with Gasteiger partial charge in [0.15, 0.2) is 0 Å². The molecule has 0 saturated heterocycles. The minimum atomic E-state index is 0. The number of unbranched alkanes of at least 4 members (excludes halogenated alkanes) is 2. The van der Waals surface area contributed by atoms with Crippen molar-refractivity contribution >= 4 is 22.5 Å². The van der Waals surface area contributed by atoms with Gasteiger partial charge in [0.25, 0.3) is 0 Å². The van der Waals surface area contributed by atoms with E-state index in [9.17, 15) is 0 Å². The first-order valence-corrected chi connectivity index (χ1v) is 4.58. The molecule has 0 aromatic carbocycles. The third-order valence-electron chi connectivity index (χ3n) is 0.780. The Morgan fingerprint density at radius 2 is 2.17 bits per heavy atom. The fourth-order valence-corrected chi connectivity index (χ4v) is 1.09. The molecule has 0 bridgehead atoms. The summed E-state index contributed by atoms with van der Waals surface area (Å²) in [6, 6.07) is 0. The van der Waals surface area contributed by atoms with Gasteiger partial charge in [-0.25, -0.2) is 0 Å². The van der Waals surface area contributed by atoms with Gasteiger partial charge in [0.2, 0.25) is 0 Å². The summed E-state index contributed by atoms with van der Waals surface area (Å²) >= 11 is 1.69. The molecule has 0 aromatic rings. The van der Waals surface area contributed by atoms with Crippen molar-refractivity contribution in [3.63, 3.8) is 0 Å². The first kappa shape index (κ1) is 6.80. The van der Waals surface area contributed by atoms with Crippen molar-refractivity contribution in [2.24, 2.45) is 0 Å². The van der Waals surface area contributed by atoms with E-state index >= 15 is 0 Å². The van der Waals surface area contributed by atoms with Crippen LogP contribution in [0.15, 0.2) is 0 Å². The molecule has 0 unspecified atom stereocenters. The van der Waals surface area contributed by atoms with E-state index in [4.69, 9.17) is 0 Å². The normalized spacial score (nSPS) is 9.00. The SMILES string of the molecule is CCCC[CH2][Sn].[H-]. The molecular weight excluding hydrogens is 179 g/mol. The summed E-state index contributed by atoms with van der Waals surface area (Å²) in [5, 5.41) is 0. The standard InChI is InChI=1S/C5H11.Sn.H/c1-3-5-4-2;;/h1,3-5H2,2H3;;/q;;-1. The van der Waals surface area contributed by atoms with Crippen LogP contribution in [0, 0.1) is 0 Å². The third-order valence-corrected chi connectivity index (χ3v) is 1.79. The Hall–Kier alpha value is 0.799. The van der Waals surface area contributed by atoms with Crippen molar-refractivity contribution in [2.75, 3.05) is 0 Å². The Bertz CT molecular complexity index is 20.0. The maximum absolute atomic E-state index is 2.24. The second kappa shape index (κ2) is 5.80. The Kier molecular flexibility index (Phi) is 6.57. The fraction of sp³-hybridized carbons (Fsp3) is 1.00. The van der Waals surface area contributed by atoms with Crippen molar-refractivity contribution in [3.05, 3.63) is 0 Å². The van der Waals surface area contributed by atoms with Crippen LogP contribution in [-0.2, 0) is 0 Å². The fourth-order valence-electron chi connectivity index (χ4n) is 0.375. The molecule has 0 heterocycles. The van der Waals surface area contributed by atoms with Crippen LogP contribution < -0.4 is 0 Å². The van der Waals surface area contributed by atoms with Crippen LogP contribution in [0.1, 0.15) is 27.6 Å². The minimum Gasteiger partial charge on any atom is -1.00 e. The molecule has 0 N–H and O–H groups in total. The number of rotatable bonds is 3. The van der Waals surface area contributed by atoms with Crippen LogP contribution in [0.3, 0.4) is 0 Å². The van der Waals surface area contributed by atoms with Crippen molar-refractivity contribution in [1.82, 2.24) is 0 Å². The summed E-state index contributed by atoms with van der Waals surface area (Å²) in [6.07, 6.45) is 4.26. The summed E-state index contributed by atoms with van der Waals surface area (Å²) in [7, 11) is 0. The van der Waals surface area contributed by atoms with E-state index in [1.165, 1.54) is 23.7 Å². The van der Waals surface area contributed by atoms with Gasteiger partial charge < -0.3 is 1.43 Å². The van der Waals surface area contributed by atoms with Gasteiger partial charge in [-0.15, -0.1) is 0 Å². The minimum absolute atomic E-state index is 0. The quantitative estimate of drug-likeness (QED) is 0.471. The molecule has 6 heavy (non-hydrogen) atoms. The number of hydrogen-bond acceptors (Lipinski definition) is 0. The van der Waals surface area contributed by atoms with Gasteiger partial charge in [-0.05, 0) is 0 Å². The smallest absolute Gasteiger partial charge is 1.00 e. The van der Waals surface area contributed by atoms with Crippen molar-refractivity contribution in [3.8, 4) is 0 Å². The van der Waals surface area contributed by atoms with Crippen LogP contribution >= 0.6 is 0 Å². The molecule has 0 atom stereocenters. The van der Waals surface area contributed by atoms with Gasteiger partial charge in [-0.3, -0.25) is 0 Å². The summed E-state index contributed by atoms with van der Waals surface area (Å²) in [6.45, 7) is 2.24. The Balaban J connectivity index is 0. The summed E-state index contributed by atoms with van der Waals surface area (Å²) in [5.41, 5.74) is 0. The van der Waals surface area contributed by atoms with E-state index in [0.717, 1.165) is 0 Å². The molecule has 0 saturated carbocycles. The molecule has 37 valence electrons. The molecule has 0 rings (SSSR count). The van der Waals surface area contributed by atoms with Crippen molar-refractivity contribution in [2.45, 2.75) is 30.6 Å². The van der Waals surface area contributed by atoms with Gasteiger partial charge in [0.1, 0.15) is 0 Å². The van der Waals surface area contributed by atoms with E-state index in [0.29, 0.717) is 0 Å². The first-order chi connectivity index (χ1) is 2.91. The van der Waals surface area contributed by atoms with E-state index in [1.807, 2.05) is 0 Å². The monoisotopic (exact) mass is 192 g/mol. The number of hydrogen-bond donors (Lipinski definition) is 0. The van der Waals surface area contributed by atoms with Crippen molar-refractivity contribution in [1.29, 1.82) is 0 Å². The zero-order chi connectivity index (χ0) is 4.83. The predicted molar refractivity (Wildman–Crippen MR) is 31.2 cm³/mol. The molecule has 0 aliphatic rings. The van der Waals surface area contributed by atoms with Gasteiger partial charge >= 0.3 is 53.1 Å². The molecular formula is C5H12Sn-. The van der Waals surface area contributed by atoms with E-state index in [2.05, 4.69) is 6.92 Å². The van der Waals surface area contributed by atoms with E-state index in [-0.39, 0.29) is 1.43 Å². The average molecular weight is 191 g/mol. The summed E-state index contributed by atoms with van der Waals surface area (Å²) < 4.78 is 1.44. The molecule has 0 aliphatic heterocycles. The zero-order valence-corrected chi connectivity index (χ0v) is 7.18. The predicted octanol–water partition coefficient (Wildman–Crippen LogP) is 1.88. The summed E-state index contributed by atoms with van der Waals surface area (Å²) in [4.78, 5) is 0. The van der Waals surface area contributed by atoms with Crippen LogP contribution in [0.5, 0.6) is 0 Å². The maximum atomic E-state index is 2.24. The Labute approximate surface area is 54.9 Å². The molecule has 0 aromatic heterocycles. The maximum Gasteiger partial charge on any atom is -1.00 e. The molecule has 1 heteroatoms. The summed E-state index contributed by atoms with van der Waals surface area (Å²) in [5.74, 6) is 0. The van der Waals surface area contributed by atoms with E-state index in [1.54, 1.807) is 22.5 Å². The van der Waals surface area contributed by atoms with Crippen LogP contribution in [0.4, 0.5) is 0 Å². The van der Waals surface area contributed by atoms with Gasteiger partial charge in [0, 0.05) is 0 Å². The largest absolute Gasteiger partial charge is 1.00 e. The van der Waals surface area contributed by atoms with Gasteiger partial charge in [-0.1, -0.05) is 0 Å². The zero-order valence-electron chi connectivity index (χ0n) is 5.33. The first-order valence-electron chi connectivity index (χ1n) is 2.56. The molecule has 0 aliphatic carbocycles. The molecule has 0 nitrogen and oxygen atoms in total. The average Bonchev–Trinajstić information content (AvgIpc) is 1.61. The second-order valence-electron chi connectivity index (χ2n) is 1.46. The van der Waals surface area contributed by atoms with Crippen LogP contribution in [0.25, 0.3) is 0 Å². The molecule has 0 amide bonds. The van der Waals surface area contributed by atoms with Crippen molar-refractivity contribution < 1.29 is 1.43 Å². The second-order valence-corrected chi connectivity index (χ2v) is 2.88.